The molecule has 1 N–H and O–H groups in total. The Morgan fingerprint density at radius 3 is 2.45 bits per heavy atom. The Morgan fingerprint density at radius 2 is 2.00 bits per heavy atom. The standard InChI is InChI=1S/C10H21N/c1-5-7-11-10(4)8-9(3)6-2/h5,7,9-11H,6,8H2,1-4H3. The Hall–Kier alpha value is -0.460. The van der Waals surface area contributed by atoms with E-state index in [-0.39, 0.29) is 0 Å². The SMILES string of the molecule is CC=CNC(C)CC(C)CC. The molecule has 0 aliphatic carbocycles. The van der Waals surface area contributed by atoms with Gasteiger partial charge in [0.05, 0.1) is 0 Å². The Morgan fingerprint density at radius 1 is 1.36 bits per heavy atom. The van der Waals surface area contributed by atoms with Gasteiger partial charge < -0.3 is 5.32 Å². The zero-order valence-electron chi connectivity index (χ0n) is 8.22. The first-order valence-electron chi connectivity index (χ1n) is 4.57. The third-order valence-corrected chi connectivity index (χ3v) is 2.00. The number of allylic oxidation sites excluding steroid dienone is 1. The summed E-state index contributed by atoms with van der Waals surface area (Å²) in [5.74, 6) is 0.836. The van der Waals surface area contributed by atoms with Gasteiger partial charge in [0.25, 0.3) is 0 Å². The largest absolute Gasteiger partial charge is 0.389 e. The van der Waals surface area contributed by atoms with E-state index in [0.717, 1.165) is 5.92 Å². The van der Waals surface area contributed by atoms with Crippen LogP contribution in [0.4, 0.5) is 0 Å². The molecule has 66 valence electrons. The highest BCUT2D eigenvalue weighted by molar-refractivity contribution is 4.78. The van der Waals surface area contributed by atoms with E-state index in [1.165, 1.54) is 12.8 Å². The van der Waals surface area contributed by atoms with E-state index in [4.69, 9.17) is 0 Å². The zero-order chi connectivity index (χ0) is 8.69. The van der Waals surface area contributed by atoms with Gasteiger partial charge in [0.1, 0.15) is 0 Å². The molecule has 0 aliphatic rings. The summed E-state index contributed by atoms with van der Waals surface area (Å²) < 4.78 is 0. The molecule has 0 bridgehead atoms. The normalized spacial score (nSPS) is 16.7. The van der Waals surface area contributed by atoms with Crippen LogP contribution in [0.15, 0.2) is 12.3 Å². The van der Waals surface area contributed by atoms with Gasteiger partial charge in [-0.3, -0.25) is 0 Å². The lowest BCUT2D eigenvalue weighted by Gasteiger charge is -2.15. The molecule has 1 heteroatoms. The fraction of sp³-hybridized carbons (Fsp3) is 0.800. The second-order valence-corrected chi connectivity index (χ2v) is 3.32. The van der Waals surface area contributed by atoms with E-state index in [1.54, 1.807) is 0 Å². The second kappa shape index (κ2) is 6.26. The van der Waals surface area contributed by atoms with Crippen molar-refractivity contribution in [2.24, 2.45) is 5.92 Å². The molecule has 2 unspecified atom stereocenters. The minimum atomic E-state index is 0.612. The van der Waals surface area contributed by atoms with Crippen LogP contribution in [0.2, 0.25) is 0 Å². The summed E-state index contributed by atoms with van der Waals surface area (Å²) in [5.41, 5.74) is 0. The van der Waals surface area contributed by atoms with Gasteiger partial charge in [-0.25, -0.2) is 0 Å². The number of nitrogens with one attached hydrogen (secondary N) is 1. The van der Waals surface area contributed by atoms with Crippen LogP contribution in [0, 0.1) is 5.92 Å². The highest BCUT2D eigenvalue weighted by atomic mass is 14.9. The molecule has 0 fully saturated rings. The number of hydrogen-bond acceptors (Lipinski definition) is 1. The van der Waals surface area contributed by atoms with Crippen molar-refractivity contribution in [1.82, 2.24) is 5.32 Å². The molecule has 0 radical (unpaired) electrons. The molecule has 0 saturated heterocycles. The zero-order valence-corrected chi connectivity index (χ0v) is 8.22. The topological polar surface area (TPSA) is 12.0 Å². The minimum Gasteiger partial charge on any atom is -0.389 e. The summed E-state index contributed by atoms with van der Waals surface area (Å²) in [6, 6.07) is 0.612. The molecule has 0 aliphatic heterocycles. The summed E-state index contributed by atoms with van der Waals surface area (Å²) in [5, 5.41) is 3.32. The average Bonchev–Trinajstić information content (AvgIpc) is 2.00. The van der Waals surface area contributed by atoms with Gasteiger partial charge in [0.15, 0.2) is 0 Å². The molecule has 0 aromatic heterocycles. The molecule has 2 atom stereocenters. The molecule has 0 heterocycles. The lowest BCUT2D eigenvalue weighted by Crippen LogP contribution is -2.22. The molecule has 0 rings (SSSR count). The summed E-state index contributed by atoms with van der Waals surface area (Å²) >= 11 is 0. The Balaban J connectivity index is 3.42. The Labute approximate surface area is 70.9 Å². The fourth-order valence-electron chi connectivity index (χ4n) is 1.10. The maximum atomic E-state index is 3.32. The van der Waals surface area contributed by atoms with Gasteiger partial charge in [-0.1, -0.05) is 26.3 Å². The summed E-state index contributed by atoms with van der Waals surface area (Å²) in [4.78, 5) is 0. The van der Waals surface area contributed by atoms with Crippen molar-refractivity contribution in [1.29, 1.82) is 0 Å². The van der Waals surface area contributed by atoms with Gasteiger partial charge in [-0.15, -0.1) is 0 Å². The van der Waals surface area contributed by atoms with Gasteiger partial charge in [0.2, 0.25) is 0 Å². The lowest BCUT2D eigenvalue weighted by atomic mass is 10.0. The smallest absolute Gasteiger partial charge is 0.0229 e. The second-order valence-electron chi connectivity index (χ2n) is 3.32. The molecule has 0 aromatic rings. The molecule has 0 aromatic carbocycles. The minimum absolute atomic E-state index is 0.612. The van der Waals surface area contributed by atoms with Crippen LogP contribution in [-0.2, 0) is 0 Å². The quantitative estimate of drug-likeness (QED) is 0.643. The van der Waals surface area contributed by atoms with Gasteiger partial charge in [0, 0.05) is 6.04 Å². The van der Waals surface area contributed by atoms with Crippen molar-refractivity contribution in [2.45, 2.75) is 46.6 Å². The summed E-state index contributed by atoms with van der Waals surface area (Å²) in [7, 11) is 0. The maximum Gasteiger partial charge on any atom is 0.0229 e. The molecule has 0 amide bonds. The average molecular weight is 155 g/mol. The predicted molar refractivity (Wildman–Crippen MR) is 51.5 cm³/mol. The number of hydrogen-bond donors (Lipinski definition) is 1. The third-order valence-electron chi connectivity index (χ3n) is 2.00. The fourth-order valence-corrected chi connectivity index (χ4v) is 1.10. The van der Waals surface area contributed by atoms with Crippen LogP contribution in [0.1, 0.15) is 40.5 Å². The molecular formula is C10H21N. The molecule has 0 spiro atoms. The molecular weight excluding hydrogens is 134 g/mol. The predicted octanol–water partition coefficient (Wildman–Crippen LogP) is 2.93. The Bertz CT molecular complexity index is 107. The highest BCUT2D eigenvalue weighted by Gasteiger charge is 2.03. The Kier molecular flexibility index (Phi) is 6.00. The van der Waals surface area contributed by atoms with Crippen molar-refractivity contribution < 1.29 is 0 Å². The van der Waals surface area contributed by atoms with Crippen molar-refractivity contribution in [3.8, 4) is 0 Å². The van der Waals surface area contributed by atoms with E-state index >= 15 is 0 Å². The van der Waals surface area contributed by atoms with Gasteiger partial charge >= 0.3 is 0 Å². The van der Waals surface area contributed by atoms with E-state index < -0.39 is 0 Å². The van der Waals surface area contributed by atoms with Gasteiger partial charge in [-0.2, -0.15) is 0 Å². The lowest BCUT2D eigenvalue weighted by molar-refractivity contribution is 0.441. The van der Waals surface area contributed by atoms with Crippen molar-refractivity contribution in [3.05, 3.63) is 12.3 Å². The number of rotatable bonds is 5. The van der Waals surface area contributed by atoms with E-state index in [2.05, 4.69) is 26.1 Å². The van der Waals surface area contributed by atoms with Crippen molar-refractivity contribution in [3.63, 3.8) is 0 Å². The van der Waals surface area contributed by atoms with Crippen LogP contribution in [0.25, 0.3) is 0 Å². The molecule has 11 heavy (non-hydrogen) atoms. The highest BCUT2D eigenvalue weighted by Crippen LogP contribution is 2.08. The van der Waals surface area contributed by atoms with Crippen molar-refractivity contribution >= 4 is 0 Å². The van der Waals surface area contributed by atoms with Crippen LogP contribution in [0.3, 0.4) is 0 Å². The van der Waals surface area contributed by atoms with E-state index in [9.17, 15) is 0 Å². The molecule has 0 saturated carbocycles. The first-order valence-corrected chi connectivity index (χ1v) is 4.57. The van der Waals surface area contributed by atoms with Gasteiger partial charge in [-0.05, 0) is 32.4 Å². The third kappa shape index (κ3) is 5.96. The van der Waals surface area contributed by atoms with Crippen molar-refractivity contribution in [2.75, 3.05) is 0 Å². The molecule has 1 nitrogen and oxygen atoms in total. The maximum absolute atomic E-state index is 3.32. The first-order chi connectivity index (χ1) is 5.20. The van der Waals surface area contributed by atoms with Crippen LogP contribution in [0.5, 0.6) is 0 Å². The van der Waals surface area contributed by atoms with Crippen LogP contribution < -0.4 is 5.32 Å². The first kappa shape index (κ1) is 10.5. The summed E-state index contributed by atoms with van der Waals surface area (Å²) in [6.07, 6.45) is 6.60. The van der Waals surface area contributed by atoms with Crippen LogP contribution >= 0.6 is 0 Å². The monoisotopic (exact) mass is 155 g/mol. The van der Waals surface area contributed by atoms with Crippen LogP contribution in [-0.4, -0.2) is 6.04 Å². The van der Waals surface area contributed by atoms with E-state index in [0.29, 0.717) is 6.04 Å². The van der Waals surface area contributed by atoms with E-state index in [1.807, 2.05) is 19.2 Å². The summed E-state index contributed by atoms with van der Waals surface area (Å²) in [6.45, 7) is 8.80.